The van der Waals surface area contributed by atoms with Gasteiger partial charge in [0.1, 0.15) is 5.82 Å². The lowest BCUT2D eigenvalue weighted by Gasteiger charge is -2.46. The second-order valence-electron chi connectivity index (χ2n) is 7.39. The van der Waals surface area contributed by atoms with Gasteiger partial charge >= 0.3 is 0 Å². The largest absolute Gasteiger partial charge is 0.350 e. The van der Waals surface area contributed by atoms with Crippen molar-refractivity contribution in [1.82, 2.24) is 10.6 Å². The summed E-state index contributed by atoms with van der Waals surface area (Å²) in [5, 5.41) is 6.67. The number of amides is 1. The second kappa shape index (κ2) is 7.45. The van der Waals surface area contributed by atoms with E-state index in [2.05, 4.69) is 38.3 Å². The number of hydrogen-bond donors (Lipinski definition) is 2. The summed E-state index contributed by atoms with van der Waals surface area (Å²) in [7, 11) is 0. The van der Waals surface area contributed by atoms with Crippen molar-refractivity contribution in [2.24, 2.45) is 0 Å². The molecule has 2 rings (SSSR count). The fourth-order valence-corrected chi connectivity index (χ4v) is 3.42. The van der Waals surface area contributed by atoms with E-state index in [1.807, 2.05) is 0 Å². The van der Waals surface area contributed by atoms with E-state index in [1.54, 1.807) is 18.2 Å². The highest BCUT2D eigenvalue weighted by Crippen LogP contribution is 2.28. The number of carbonyl (C=O) groups excluding carboxylic acids is 1. The Morgan fingerprint density at radius 3 is 2.22 bits per heavy atom. The predicted molar refractivity (Wildman–Crippen MR) is 95.1 cm³/mol. The van der Waals surface area contributed by atoms with Crippen LogP contribution in [0.15, 0.2) is 30.3 Å². The lowest BCUT2D eigenvalue weighted by atomic mass is 9.79. The molecule has 0 atom stereocenters. The maximum Gasteiger partial charge on any atom is 0.244 e. The Morgan fingerprint density at radius 1 is 1.17 bits per heavy atom. The third kappa shape index (κ3) is 6.32. The van der Waals surface area contributed by atoms with Gasteiger partial charge in [0.2, 0.25) is 5.91 Å². The molecule has 1 amide bonds. The number of piperidine rings is 1. The highest BCUT2D eigenvalue weighted by atomic mass is 35.5. The van der Waals surface area contributed by atoms with Crippen LogP contribution in [0.4, 0.5) is 4.39 Å². The van der Waals surface area contributed by atoms with Crippen molar-refractivity contribution < 1.29 is 9.18 Å². The smallest absolute Gasteiger partial charge is 0.244 e. The van der Waals surface area contributed by atoms with Crippen LogP contribution < -0.4 is 10.6 Å². The summed E-state index contributed by atoms with van der Waals surface area (Å²) in [6.07, 6.45) is 5.00. The van der Waals surface area contributed by atoms with Crippen LogP contribution in [0.1, 0.15) is 46.1 Å². The molecule has 0 bridgehead atoms. The van der Waals surface area contributed by atoms with Gasteiger partial charge in [-0.25, -0.2) is 4.39 Å². The number of halogens is 2. The topological polar surface area (TPSA) is 41.1 Å². The number of nitrogens with one attached hydrogen (secondary N) is 2. The Morgan fingerprint density at radius 2 is 1.70 bits per heavy atom. The summed E-state index contributed by atoms with van der Waals surface area (Å²) in [5.74, 6) is -0.386. The lowest BCUT2D eigenvalue weighted by molar-refractivity contribution is -0.117. The van der Waals surface area contributed by atoms with Gasteiger partial charge < -0.3 is 10.6 Å². The van der Waals surface area contributed by atoms with Crippen LogP contribution in [-0.4, -0.2) is 23.0 Å². The van der Waals surface area contributed by atoms with Crippen molar-refractivity contribution in [1.29, 1.82) is 0 Å². The van der Waals surface area contributed by atoms with E-state index in [4.69, 9.17) is 0 Å². The molecule has 1 aliphatic heterocycles. The normalized spacial score (nSPS) is 20.0. The summed E-state index contributed by atoms with van der Waals surface area (Å²) < 4.78 is 12.8. The molecule has 23 heavy (non-hydrogen) atoms. The third-order valence-corrected chi connectivity index (χ3v) is 3.83. The Bertz CT molecular complexity index is 551. The molecule has 128 valence electrons. The van der Waals surface area contributed by atoms with E-state index in [-0.39, 0.29) is 41.3 Å². The van der Waals surface area contributed by atoms with Crippen LogP contribution >= 0.6 is 12.4 Å². The van der Waals surface area contributed by atoms with Gasteiger partial charge in [-0.3, -0.25) is 4.79 Å². The zero-order chi connectivity index (χ0) is 16.4. The van der Waals surface area contributed by atoms with Gasteiger partial charge in [-0.1, -0.05) is 12.1 Å². The van der Waals surface area contributed by atoms with Crippen molar-refractivity contribution >= 4 is 24.4 Å². The van der Waals surface area contributed by atoms with Gasteiger partial charge in [0.15, 0.2) is 0 Å². The lowest BCUT2D eigenvalue weighted by Crippen LogP contribution is -2.62. The average Bonchev–Trinajstić information content (AvgIpc) is 2.34. The molecule has 0 radical (unpaired) electrons. The van der Waals surface area contributed by atoms with Gasteiger partial charge in [0.25, 0.3) is 0 Å². The van der Waals surface area contributed by atoms with E-state index in [9.17, 15) is 9.18 Å². The van der Waals surface area contributed by atoms with E-state index >= 15 is 0 Å². The van der Waals surface area contributed by atoms with E-state index < -0.39 is 0 Å². The molecule has 1 aliphatic rings. The van der Waals surface area contributed by atoms with Crippen molar-refractivity contribution in [3.05, 3.63) is 41.7 Å². The first kappa shape index (κ1) is 19.7. The molecule has 1 aromatic carbocycles. The molecule has 1 aromatic rings. The first-order chi connectivity index (χ1) is 10.2. The minimum absolute atomic E-state index is 0. The predicted octanol–water partition coefficient (Wildman–Crippen LogP) is 3.69. The van der Waals surface area contributed by atoms with Gasteiger partial charge in [-0.2, -0.15) is 0 Å². The molecule has 1 fully saturated rings. The minimum Gasteiger partial charge on any atom is -0.350 e. The molecule has 0 aliphatic carbocycles. The Balaban J connectivity index is 0.00000264. The second-order valence-corrected chi connectivity index (χ2v) is 7.39. The fraction of sp³-hybridized carbons (Fsp3) is 0.500. The monoisotopic (exact) mass is 340 g/mol. The molecule has 1 heterocycles. The average molecular weight is 341 g/mol. The van der Waals surface area contributed by atoms with Gasteiger partial charge in [0.05, 0.1) is 0 Å². The van der Waals surface area contributed by atoms with E-state index in [1.165, 1.54) is 18.2 Å². The molecule has 2 N–H and O–H groups in total. The van der Waals surface area contributed by atoms with Crippen molar-refractivity contribution in [2.75, 3.05) is 0 Å². The Hall–Kier alpha value is -1.39. The van der Waals surface area contributed by atoms with Gasteiger partial charge in [0, 0.05) is 23.2 Å². The third-order valence-electron chi connectivity index (χ3n) is 3.83. The van der Waals surface area contributed by atoms with Crippen LogP contribution in [0.5, 0.6) is 0 Å². The van der Waals surface area contributed by atoms with E-state index in [0.29, 0.717) is 0 Å². The maximum atomic E-state index is 12.8. The van der Waals surface area contributed by atoms with Crippen LogP contribution in [0.2, 0.25) is 0 Å². The van der Waals surface area contributed by atoms with Crippen LogP contribution in [-0.2, 0) is 4.79 Å². The quantitative estimate of drug-likeness (QED) is 0.824. The molecule has 5 heteroatoms. The minimum atomic E-state index is -0.277. The molecule has 0 aromatic heterocycles. The SMILES string of the molecule is CC1(C)CC(NC(=O)/C=C/c2ccc(F)cc2)CC(C)(C)N1.Cl. The van der Waals surface area contributed by atoms with Crippen LogP contribution in [0, 0.1) is 5.82 Å². The van der Waals surface area contributed by atoms with Crippen molar-refractivity contribution in [2.45, 2.75) is 57.7 Å². The van der Waals surface area contributed by atoms with Crippen LogP contribution in [0.25, 0.3) is 6.08 Å². The van der Waals surface area contributed by atoms with E-state index in [0.717, 1.165) is 18.4 Å². The summed E-state index contributed by atoms with van der Waals surface area (Å²) in [5.41, 5.74) is 0.809. The Labute approximate surface area is 144 Å². The molecule has 3 nitrogen and oxygen atoms in total. The summed E-state index contributed by atoms with van der Waals surface area (Å²) in [6, 6.07) is 6.22. The molecular formula is C18H26ClFN2O. The number of carbonyl (C=O) groups is 1. The molecular weight excluding hydrogens is 315 g/mol. The number of rotatable bonds is 3. The Kier molecular flexibility index (Phi) is 6.37. The van der Waals surface area contributed by atoms with Crippen LogP contribution in [0.3, 0.4) is 0 Å². The summed E-state index contributed by atoms with van der Waals surface area (Å²) >= 11 is 0. The summed E-state index contributed by atoms with van der Waals surface area (Å²) in [4.78, 5) is 12.1. The van der Waals surface area contributed by atoms with Gasteiger partial charge in [-0.15, -0.1) is 12.4 Å². The zero-order valence-electron chi connectivity index (χ0n) is 14.2. The molecule has 0 spiro atoms. The van der Waals surface area contributed by atoms with Crippen molar-refractivity contribution in [3.63, 3.8) is 0 Å². The molecule has 1 saturated heterocycles. The first-order valence-corrected chi connectivity index (χ1v) is 7.69. The highest BCUT2D eigenvalue weighted by molar-refractivity contribution is 5.91. The fourth-order valence-electron chi connectivity index (χ4n) is 3.42. The zero-order valence-corrected chi connectivity index (χ0v) is 15.0. The summed E-state index contributed by atoms with van der Waals surface area (Å²) in [6.45, 7) is 8.62. The molecule has 0 unspecified atom stereocenters. The standard InChI is InChI=1S/C18H25FN2O.ClH/c1-17(2)11-15(12-18(3,4)21-17)20-16(22)10-7-13-5-8-14(19)9-6-13;/h5-10,15,21H,11-12H2,1-4H3,(H,20,22);1H/b10-7+;. The van der Waals surface area contributed by atoms with Crippen molar-refractivity contribution in [3.8, 4) is 0 Å². The maximum absolute atomic E-state index is 12.8. The number of benzene rings is 1. The van der Waals surface area contributed by atoms with Gasteiger partial charge in [-0.05, 0) is 64.3 Å². The highest BCUT2D eigenvalue weighted by Gasteiger charge is 2.37. The first-order valence-electron chi connectivity index (χ1n) is 7.69. The number of hydrogen-bond acceptors (Lipinski definition) is 2. The molecule has 0 saturated carbocycles.